The number of hydrogen-bond acceptors (Lipinski definition) is 6. The average molecular weight is 388 g/mol. The lowest BCUT2D eigenvalue weighted by molar-refractivity contribution is -0.385. The maximum atomic E-state index is 12.4. The minimum Gasteiger partial charge on any atom is -0.458 e. The molecule has 1 atom stereocenters. The van der Waals surface area contributed by atoms with Crippen molar-refractivity contribution >= 4 is 28.9 Å². The first-order valence-electron chi connectivity index (χ1n) is 8.73. The van der Waals surface area contributed by atoms with Crippen molar-refractivity contribution in [2.75, 3.05) is 13.1 Å². The minimum atomic E-state index is -0.566. The summed E-state index contributed by atoms with van der Waals surface area (Å²) in [6.45, 7) is 2.73. The van der Waals surface area contributed by atoms with Crippen LogP contribution in [0.15, 0.2) is 41.8 Å². The summed E-state index contributed by atoms with van der Waals surface area (Å²) in [4.78, 5) is 37.7. The second-order valence-corrected chi connectivity index (χ2v) is 7.42. The molecule has 0 bridgehead atoms. The van der Waals surface area contributed by atoms with E-state index in [1.165, 1.54) is 23.5 Å². The van der Waals surface area contributed by atoms with Crippen molar-refractivity contribution in [2.45, 2.75) is 25.9 Å². The summed E-state index contributed by atoms with van der Waals surface area (Å²) in [7, 11) is 0. The number of thiophene rings is 1. The highest BCUT2D eigenvalue weighted by Crippen LogP contribution is 2.26. The number of esters is 1. The van der Waals surface area contributed by atoms with E-state index >= 15 is 0 Å². The molecule has 2 aromatic rings. The number of likely N-dealkylation sites (tertiary alicyclic amines) is 1. The molecule has 1 fully saturated rings. The van der Waals surface area contributed by atoms with Gasteiger partial charge in [-0.1, -0.05) is 18.2 Å². The molecule has 1 amide bonds. The molecule has 0 N–H and O–H groups in total. The molecule has 2 heterocycles. The van der Waals surface area contributed by atoms with E-state index in [4.69, 9.17) is 4.74 Å². The third-order valence-electron chi connectivity index (χ3n) is 4.69. The van der Waals surface area contributed by atoms with E-state index in [2.05, 4.69) is 0 Å². The number of benzene rings is 1. The molecular formula is C19H20N2O5S. The zero-order valence-corrected chi connectivity index (χ0v) is 15.7. The zero-order chi connectivity index (χ0) is 19.4. The van der Waals surface area contributed by atoms with Crippen molar-refractivity contribution in [3.05, 3.63) is 62.3 Å². The van der Waals surface area contributed by atoms with Gasteiger partial charge in [-0.3, -0.25) is 19.7 Å². The van der Waals surface area contributed by atoms with E-state index in [9.17, 15) is 19.7 Å². The highest BCUT2D eigenvalue weighted by Gasteiger charge is 2.30. The van der Waals surface area contributed by atoms with Crippen molar-refractivity contribution in [3.63, 3.8) is 0 Å². The minimum absolute atomic E-state index is 0.00165. The first-order chi connectivity index (χ1) is 13.0. The van der Waals surface area contributed by atoms with Gasteiger partial charge < -0.3 is 9.64 Å². The molecule has 1 aromatic carbocycles. The van der Waals surface area contributed by atoms with Crippen LogP contribution in [0.2, 0.25) is 0 Å². The van der Waals surface area contributed by atoms with Crippen molar-refractivity contribution in [3.8, 4) is 0 Å². The standard InChI is InChI=1S/C19H20N2O5S/c1-13(15-4-2-5-16(12-15)21(24)25)26-19(23)14-7-9-20(10-8-14)18(22)17-6-3-11-27-17/h2-6,11-14H,7-10H2,1H3/t13-/m1/s1. The number of carbonyl (C=O) groups excluding carboxylic acids is 2. The maximum absolute atomic E-state index is 12.4. The van der Waals surface area contributed by atoms with Gasteiger partial charge >= 0.3 is 5.97 Å². The Hall–Kier alpha value is -2.74. The number of non-ortho nitro benzene ring substituents is 1. The van der Waals surface area contributed by atoms with Crippen LogP contribution in [0.25, 0.3) is 0 Å². The summed E-state index contributed by atoms with van der Waals surface area (Å²) in [5.74, 6) is -0.586. The SMILES string of the molecule is C[C@@H](OC(=O)C1CCN(C(=O)c2cccs2)CC1)c1cccc([N+](=O)[O-])c1. The van der Waals surface area contributed by atoms with Crippen LogP contribution in [-0.4, -0.2) is 34.8 Å². The van der Waals surface area contributed by atoms with Crippen LogP contribution >= 0.6 is 11.3 Å². The van der Waals surface area contributed by atoms with Gasteiger partial charge in [0.2, 0.25) is 0 Å². The van der Waals surface area contributed by atoms with Crippen LogP contribution in [0.1, 0.15) is 41.1 Å². The topological polar surface area (TPSA) is 89.8 Å². The lowest BCUT2D eigenvalue weighted by atomic mass is 9.96. The van der Waals surface area contributed by atoms with Gasteiger partial charge in [-0.2, -0.15) is 0 Å². The zero-order valence-electron chi connectivity index (χ0n) is 14.9. The highest BCUT2D eigenvalue weighted by molar-refractivity contribution is 7.12. The first-order valence-corrected chi connectivity index (χ1v) is 9.61. The third-order valence-corrected chi connectivity index (χ3v) is 5.55. The van der Waals surface area contributed by atoms with E-state index in [0.717, 1.165) is 0 Å². The fraction of sp³-hybridized carbons (Fsp3) is 0.368. The molecule has 1 aliphatic rings. The number of ether oxygens (including phenoxy) is 1. The van der Waals surface area contributed by atoms with Crippen LogP contribution in [-0.2, 0) is 9.53 Å². The highest BCUT2D eigenvalue weighted by atomic mass is 32.1. The average Bonchev–Trinajstić information content (AvgIpc) is 3.22. The number of carbonyl (C=O) groups is 2. The molecule has 1 aromatic heterocycles. The summed E-state index contributed by atoms with van der Waals surface area (Å²) in [5.41, 5.74) is 0.554. The molecule has 0 unspecified atom stereocenters. The number of amides is 1. The molecule has 1 aliphatic heterocycles. The van der Waals surface area contributed by atoms with Gasteiger partial charge in [0.05, 0.1) is 15.7 Å². The van der Waals surface area contributed by atoms with Gasteiger partial charge in [0.15, 0.2) is 0 Å². The summed E-state index contributed by atoms with van der Waals surface area (Å²) in [6, 6.07) is 9.74. The van der Waals surface area contributed by atoms with Crippen molar-refractivity contribution in [2.24, 2.45) is 5.92 Å². The number of nitro groups is 1. The van der Waals surface area contributed by atoms with Gasteiger partial charge in [-0.05, 0) is 36.8 Å². The lowest BCUT2D eigenvalue weighted by Gasteiger charge is -2.31. The largest absolute Gasteiger partial charge is 0.458 e. The lowest BCUT2D eigenvalue weighted by Crippen LogP contribution is -2.40. The molecule has 1 saturated heterocycles. The second kappa shape index (κ2) is 8.30. The molecule has 0 radical (unpaired) electrons. The molecule has 3 rings (SSSR count). The van der Waals surface area contributed by atoms with Crippen molar-refractivity contribution < 1.29 is 19.2 Å². The van der Waals surface area contributed by atoms with E-state index in [1.807, 2.05) is 11.4 Å². The quantitative estimate of drug-likeness (QED) is 0.441. The van der Waals surface area contributed by atoms with E-state index in [0.29, 0.717) is 36.4 Å². The smallest absolute Gasteiger partial charge is 0.309 e. The van der Waals surface area contributed by atoms with Gasteiger partial charge in [0.25, 0.3) is 11.6 Å². The molecule has 7 nitrogen and oxygen atoms in total. The summed E-state index contributed by atoms with van der Waals surface area (Å²) < 4.78 is 5.52. The van der Waals surface area contributed by atoms with Crippen LogP contribution in [0.3, 0.4) is 0 Å². The monoisotopic (exact) mass is 388 g/mol. The van der Waals surface area contributed by atoms with Crippen LogP contribution in [0, 0.1) is 16.0 Å². The number of hydrogen-bond donors (Lipinski definition) is 0. The van der Waals surface area contributed by atoms with Gasteiger partial charge in [-0.25, -0.2) is 0 Å². The second-order valence-electron chi connectivity index (χ2n) is 6.47. The first kappa shape index (κ1) is 19.0. The number of nitrogens with zero attached hydrogens (tertiary/aromatic N) is 2. The number of piperidine rings is 1. The number of nitro benzene ring substituents is 1. The normalized spacial score (nSPS) is 16.0. The Bertz CT molecular complexity index is 828. The maximum Gasteiger partial charge on any atom is 0.309 e. The Kier molecular flexibility index (Phi) is 5.85. The van der Waals surface area contributed by atoms with Gasteiger partial charge in [0, 0.05) is 25.2 Å². The Morgan fingerprint density at radius 3 is 2.63 bits per heavy atom. The molecule has 142 valence electrons. The van der Waals surface area contributed by atoms with Crippen molar-refractivity contribution in [1.82, 2.24) is 4.90 Å². The fourth-order valence-electron chi connectivity index (χ4n) is 3.10. The molecule has 8 heteroatoms. The molecule has 0 spiro atoms. The van der Waals surface area contributed by atoms with E-state index in [1.54, 1.807) is 30.0 Å². The predicted molar refractivity (Wildman–Crippen MR) is 101 cm³/mol. The Labute approximate surface area is 160 Å². The summed E-state index contributed by atoms with van der Waals surface area (Å²) in [6.07, 6.45) is 0.540. The Morgan fingerprint density at radius 1 is 1.26 bits per heavy atom. The Balaban J connectivity index is 1.54. The third kappa shape index (κ3) is 4.51. The molecule has 0 aliphatic carbocycles. The fourth-order valence-corrected chi connectivity index (χ4v) is 3.79. The van der Waals surface area contributed by atoms with Crippen LogP contribution in [0.4, 0.5) is 5.69 Å². The number of rotatable bonds is 5. The summed E-state index contributed by atoms with van der Waals surface area (Å²) >= 11 is 1.41. The van der Waals surface area contributed by atoms with Gasteiger partial charge in [0.1, 0.15) is 6.10 Å². The summed E-state index contributed by atoms with van der Waals surface area (Å²) in [5, 5.41) is 12.8. The molecule has 27 heavy (non-hydrogen) atoms. The van der Waals surface area contributed by atoms with Crippen LogP contribution < -0.4 is 0 Å². The predicted octanol–water partition coefficient (Wildman–Crippen LogP) is 3.81. The van der Waals surface area contributed by atoms with Crippen molar-refractivity contribution in [1.29, 1.82) is 0 Å². The van der Waals surface area contributed by atoms with Crippen LogP contribution in [0.5, 0.6) is 0 Å². The Morgan fingerprint density at radius 2 is 2.00 bits per heavy atom. The molecular weight excluding hydrogens is 368 g/mol. The van der Waals surface area contributed by atoms with E-state index in [-0.39, 0.29) is 23.5 Å². The van der Waals surface area contributed by atoms with Gasteiger partial charge in [-0.15, -0.1) is 11.3 Å². The van der Waals surface area contributed by atoms with E-state index < -0.39 is 11.0 Å². The molecule has 0 saturated carbocycles.